The summed E-state index contributed by atoms with van der Waals surface area (Å²) in [5, 5.41) is 19.5. The second-order valence-corrected chi connectivity index (χ2v) is 6.55. The molecule has 29 heavy (non-hydrogen) atoms. The maximum Gasteiger partial charge on any atom is 0.371 e. The van der Waals surface area contributed by atoms with Gasteiger partial charge in [-0.1, -0.05) is 37.6 Å². The van der Waals surface area contributed by atoms with Crippen molar-refractivity contribution in [3.8, 4) is 11.5 Å². The van der Waals surface area contributed by atoms with Crippen molar-refractivity contribution in [2.75, 3.05) is 13.2 Å². The summed E-state index contributed by atoms with van der Waals surface area (Å²) in [4.78, 5) is 23.2. The molecule has 0 bridgehead atoms. The van der Waals surface area contributed by atoms with Gasteiger partial charge < -0.3 is 24.1 Å². The van der Waals surface area contributed by atoms with Gasteiger partial charge in [0.05, 0.1) is 5.39 Å². The van der Waals surface area contributed by atoms with Crippen LogP contribution >= 0.6 is 0 Å². The predicted octanol–water partition coefficient (Wildman–Crippen LogP) is 3.26. The number of ether oxygens (including phenoxy) is 2. The van der Waals surface area contributed by atoms with E-state index >= 15 is 0 Å². The van der Waals surface area contributed by atoms with E-state index in [1.165, 1.54) is 6.07 Å². The highest BCUT2D eigenvalue weighted by Gasteiger charge is 2.15. The van der Waals surface area contributed by atoms with Crippen LogP contribution in [0.25, 0.3) is 11.0 Å². The predicted molar refractivity (Wildman–Crippen MR) is 107 cm³/mol. The van der Waals surface area contributed by atoms with Crippen molar-refractivity contribution in [3.63, 3.8) is 0 Å². The number of aryl methyl sites for hydroxylation is 1. The molecule has 0 fully saturated rings. The summed E-state index contributed by atoms with van der Waals surface area (Å²) in [6, 6.07) is 13.2. The van der Waals surface area contributed by atoms with Crippen molar-refractivity contribution in [1.29, 1.82) is 0 Å². The van der Waals surface area contributed by atoms with E-state index in [0.717, 1.165) is 30.2 Å². The summed E-state index contributed by atoms with van der Waals surface area (Å²) >= 11 is 0. The summed E-state index contributed by atoms with van der Waals surface area (Å²) in [6.45, 7) is 1.99. The van der Waals surface area contributed by atoms with E-state index in [1.54, 1.807) is 12.1 Å². The van der Waals surface area contributed by atoms with Gasteiger partial charge in [0.15, 0.2) is 16.8 Å². The van der Waals surface area contributed by atoms with Crippen LogP contribution < -0.4 is 14.9 Å². The Morgan fingerprint density at radius 2 is 1.76 bits per heavy atom. The molecule has 1 unspecified atom stereocenters. The van der Waals surface area contributed by atoms with E-state index < -0.39 is 23.3 Å². The highest BCUT2D eigenvalue weighted by atomic mass is 16.5. The fraction of sp³-hybridized carbons (Fsp3) is 0.273. The quantitative estimate of drug-likeness (QED) is 0.570. The third-order valence-corrected chi connectivity index (χ3v) is 4.28. The third-order valence-electron chi connectivity index (χ3n) is 4.28. The van der Waals surface area contributed by atoms with Gasteiger partial charge in [0.25, 0.3) is 0 Å². The molecule has 0 radical (unpaired) electrons. The maximum atomic E-state index is 12.1. The van der Waals surface area contributed by atoms with Crippen LogP contribution in [0.1, 0.15) is 29.5 Å². The minimum absolute atomic E-state index is 0.0236. The molecule has 0 aliphatic carbocycles. The third kappa shape index (κ3) is 4.94. The number of carboxylic acid groups (broad SMARTS) is 1. The number of carboxylic acids is 1. The van der Waals surface area contributed by atoms with E-state index in [2.05, 4.69) is 6.92 Å². The lowest BCUT2D eigenvalue weighted by Crippen LogP contribution is -2.25. The van der Waals surface area contributed by atoms with Crippen LogP contribution in [-0.4, -0.2) is 35.5 Å². The highest BCUT2D eigenvalue weighted by Crippen LogP contribution is 2.25. The summed E-state index contributed by atoms with van der Waals surface area (Å²) in [5.41, 5.74) is 0.615. The highest BCUT2D eigenvalue weighted by molar-refractivity contribution is 5.89. The van der Waals surface area contributed by atoms with Crippen molar-refractivity contribution in [1.82, 2.24) is 0 Å². The van der Waals surface area contributed by atoms with Gasteiger partial charge in [0, 0.05) is 6.07 Å². The van der Waals surface area contributed by atoms with Gasteiger partial charge in [-0.2, -0.15) is 0 Å². The molecular weight excluding hydrogens is 376 g/mol. The lowest BCUT2D eigenvalue weighted by molar-refractivity contribution is 0.0619. The van der Waals surface area contributed by atoms with E-state index in [0.29, 0.717) is 0 Å². The van der Waals surface area contributed by atoms with E-state index in [9.17, 15) is 14.7 Å². The van der Waals surface area contributed by atoms with E-state index in [4.69, 9.17) is 19.0 Å². The van der Waals surface area contributed by atoms with Gasteiger partial charge in [-0.25, -0.2) is 4.79 Å². The molecule has 1 heterocycles. The second kappa shape index (κ2) is 9.25. The molecule has 3 aromatic rings. The number of hydrogen-bond donors (Lipinski definition) is 2. The number of aliphatic hydroxyl groups excluding tert-OH is 1. The molecule has 0 spiro atoms. The maximum absolute atomic E-state index is 12.1. The second-order valence-electron chi connectivity index (χ2n) is 6.55. The lowest BCUT2D eigenvalue weighted by Gasteiger charge is -2.16. The first-order valence-corrected chi connectivity index (χ1v) is 9.31. The Labute approximate surface area is 167 Å². The van der Waals surface area contributed by atoms with Crippen molar-refractivity contribution >= 4 is 16.9 Å². The molecule has 152 valence electrons. The number of aliphatic hydroxyl groups is 1. The van der Waals surface area contributed by atoms with E-state index in [-0.39, 0.29) is 29.9 Å². The smallest absolute Gasteiger partial charge is 0.371 e. The van der Waals surface area contributed by atoms with Crippen LogP contribution in [0.4, 0.5) is 0 Å². The monoisotopic (exact) mass is 398 g/mol. The standard InChI is InChI=1S/C22H22O7/c1-2-6-14-7-3-4-9-18(14)27-12-15(23)13-28-19-10-5-8-16-17(24)11-20(22(25)26)29-21(16)19/h3-5,7-11,15,23H,2,6,12-13H2,1H3,(H,25,26). The summed E-state index contributed by atoms with van der Waals surface area (Å²) in [6.07, 6.45) is 0.926. The van der Waals surface area contributed by atoms with Gasteiger partial charge in [0.1, 0.15) is 25.1 Å². The Morgan fingerprint density at radius 1 is 1.07 bits per heavy atom. The fourth-order valence-electron chi connectivity index (χ4n) is 2.91. The molecule has 2 aromatic carbocycles. The van der Waals surface area contributed by atoms with Crippen molar-refractivity contribution < 1.29 is 28.9 Å². The molecule has 1 atom stereocenters. The first-order valence-electron chi connectivity index (χ1n) is 9.31. The first kappa shape index (κ1) is 20.4. The molecule has 0 amide bonds. The van der Waals surface area contributed by atoms with Crippen LogP contribution in [0.5, 0.6) is 11.5 Å². The van der Waals surface area contributed by atoms with Gasteiger partial charge in [-0.15, -0.1) is 0 Å². The Balaban J connectivity index is 1.69. The molecule has 7 heteroatoms. The molecule has 3 rings (SSSR count). The molecule has 0 aliphatic rings. The van der Waals surface area contributed by atoms with Crippen LogP contribution in [0.3, 0.4) is 0 Å². The summed E-state index contributed by atoms with van der Waals surface area (Å²) < 4.78 is 16.6. The van der Waals surface area contributed by atoms with Crippen LogP contribution in [0, 0.1) is 0 Å². The Hall–Kier alpha value is -3.32. The summed E-state index contributed by atoms with van der Waals surface area (Å²) in [5.74, 6) is -0.934. The molecular formula is C22H22O7. The number of para-hydroxylation sites is 2. The lowest BCUT2D eigenvalue weighted by atomic mass is 10.1. The fourth-order valence-corrected chi connectivity index (χ4v) is 2.91. The topological polar surface area (TPSA) is 106 Å². The number of aromatic carboxylic acids is 1. The van der Waals surface area contributed by atoms with Crippen LogP contribution in [0.2, 0.25) is 0 Å². The number of carbonyl (C=O) groups is 1. The average Bonchev–Trinajstić information content (AvgIpc) is 2.71. The zero-order valence-corrected chi connectivity index (χ0v) is 16.0. The Morgan fingerprint density at radius 3 is 2.48 bits per heavy atom. The van der Waals surface area contributed by atoms with Crippen molar-refractivity contribution in [2.45, 2.75) is 25.9 Å². The minimum Gasteiger partial charge on any atom is -0.490 e. The Bertz CT molecular complexity index is 1050. The molecule has 7 nitrogen and oxygen atoms in total. The van der Waals surface area contributed by atoms with E-state index in [1.807, 2.05) is 24.3 Å². The molecule has 1 aromatic heterocycles. The van der Waals surface area contributed by atoms with Crippen LogP contribution in [-0.2, 0) is 6.42 Å². The van der Waals surface area contributed by atoms with Gasteiger partial charge in [0.2, 0.25) is 5.76 Å². The zero-order chi connectivity index (χ0) is 20.8. The van der Waals surface area contributed by atoms with Crippen molar-refractivity contribution in [3.05, 3.63) is 70.1 Å². The van der Waals surface area contributed by atoms with Gasteiger partial charge in [-0.3, -0.25) is 4.79 Å². The van der Waals surface area contributed by atoms with Crippen LogP contribution in [0.15, 0.2) is 57.7 Å². The van der Waals surface area contributed by atoms with Crippen molar-refractivity contribution in [2.24, 2.45) is 0 Å². The molecule has 2 N–H and O–H groups in total. The Kier molecular flexibility index (Phi) is 6.51. The first-order chi connectivity index (χ1) is 14.0. The SMILES string of the molecule is CCCc1ccccc1OCC(O)COc1cccc2c(=O)cc(C(=O)O)oc12. The minimum atomic E-state index is -1.35. The molecule has 0 saturated carbocycles. The van der Waals surface area contributed by atoms with Gasteiger partial charge >= 0.3 is 5.97 Å². The number of fused-ring (bicyclic) bond motifs is 1. The molecule has 0 aliphatic heterocycles. The van der Waals surface area contributed by atoms with Gasteiger partial charge in [-0.05, 0) is 30.2 Å². The molecule has 0 saturated heterocycles. The number of hydrogen-bond acceptors (Lipinski definition) is 6. The average molecular weight is 398 g/mol. The number of benzene rings is 2. The zero-order valence-electron chi connectivity index (χ0n) is 16.0. The normalized spacial score (nSPS) is 11.9. The largest absolute Gasteiger partial charge is 0.490 e. The summed E-state index contributed by atoms with van der Waals surface area (Å²) in [7, 11) is 0. The number of rotatable bonds is 9.